The van der Waals surface area contributed by atoms with Gasteiger partial charge >= 0.3 is 0 Å². The van der Waals surface area contributed by atoms with Gasteiger partial charge in [-0.2, -0.15) is 0 Å². The van der Waals surface area contributed by atoms with E-state index in [-0.39, 0.29) is 5.78 Å². The van der Waals surface area contributed by atoms with Crippen molar-refractivity contribution in [3.05, 3.63) is 82.9 Å². The van der Waals surface area contributed by atoms with Crippen molar-refractivity contribution in [2.24, 2.45) is 0 Å². The highest BCUT2D eigenvalue weighted by atomic mass is 16.1. The van der Waals surface area contributed by atoms with E-state index < -0.39 is 5.41 Å². The summed E-state index contributed by atoms with van der Waals surface area (Å²) in [5.41, 5.74) is 4.07. The Kier molecular flexibility index (Phi) is 3.06. The van der Waals surface area contributed by atoms with Crippen LogP contribution in [0.1, 0.15) is 28.7 Å². The van der Waals surface area contributed by atoms with E-state index in [0.29, 0.717) is 0 Å². The Bertz CT molecular complexity index is 614. The monoisotopic (exact) mass is 262 g/mol. The molecule has 0 radical (unpaired) electrons. The molecule has 1 nitrogen and oxygen atoms in total. The molecule has 20 heavy (non-hydrogen) atoms. The smallest absolute Gasteiger partial charge is 0.170 e. The maximum atomic E-state index is 12.6. The van der Waals surface area contributed by atoms with Gasteiger partial charge in [-0.05, 0) is 37.5 Å². The second kappa shape index (κ2) is 4.75. The molecule has 2 aromatic carbocycles. The van der Waals surface area contributed by atoms with Gasteiger partial charge in [0.1, 0.15) is 0 Å². The van der Waals surface area contributed by atoms with Crippen LogP contribution in [0.15, 0.2) is 60.7 Å². The van der Waals surface area contributed by atoms with E-state index in [1.54, 1.807) is 6.08 Å². The Morgan fingerprint density at radius 3 is 1.60 bits per heavy atom. The Hall–Kier alpha value is -2.15. The van der Waals surface area contributed by atoms with Crippen LogP contribution in [-0.4, -0.2) is 5.78 Å². The van der Waals surface area contributed by atoms with E-state index in [2.05, 4.69) is 62.4 Å². The van der Waals surface area contributed by atoms with E-state index in [0.717, 1.165) is 17.5 Å². The molecule has 2 aromatic rings. The number of rotatable bonds is 2. The van der Waals surface area contributed by atoms with Gasteiger partial charge in [-0.3, -0.25) is 4.79 Å². The molecule has 0 aromatic heterocycles. The summed E-state index contributed by atoms with van der Waals surface area (Å²) in [4.78, 5) is 12.6. The number of carbonyl (C=O) groups excluding carboxylic acids is 1. The second-order valence-corrected chi connectivity index (χ2v) is 5.61. The molecule has 1 heteroatoms. The van der Waals surface area contributed by atoms with Crippen molar-refractivity contribution in [3.8, 4) is 0 Å². The Labute approximate surface area is 120 Å². The van der Waals surface area contributed by atoms with Crippen LogP contribution in [0.2, 0.25) is 0 Å². The van der Waals surface area contributed by atoms with Crippen LogP contribution < -0.4 is 0 Å². The van der Waals surface area contributed by atoms with Crippen LogP contribution in [0.5, 0.6) is 0 Å². The highest BCUT2D eigenvalue weighted by Crippen LogP contribution is 2.40. The van der Waals surface area contributed by atoms with Gasteiger partial charge in [0.2, 0.25) is 0 Å². The zero-order valence-corrected chi connectivity index (χ0v) is 11.9. The third-order valence-corrected chi connectivity index (χ3v) is 4.20. The van der Waals surface area contributed by atoms with E-state index >= 15 is 0 Å². The molecule has 0 N–H and O–H groups in total. The van der Waals surface area contributed by atoms with Gasteiger partial charge < -0.3 is 0 Å². The largest absolute Gasteiger partial charge is 0.293 e. The molecule has 0 amide bonds. The van der Waals surface area contributed by atoms with Crippen LogP contribution in [0, 0.1) is 13.8 Å². The van der Waals surface area contributed by atoms with Crippen molar-refractivity contribution >= 4 is 5.78 Å². The molecule has 1 aliphatic rings. The first-order valence-electron chi connectivity index (χ1n) is 6.98. The van der Waals surface area contributed by atoms with Crippen molar-refractivity contribution in [1.82, 2.24) is 0 Å². The van der Waals surface area contributed by atoms with Gasteiger partial charge in [-0.25, -0.2) is 0 Å². The third-order valence-electron chi connectivity index (χ3n) is 4.20. The lowest BCUT2D eigenvalue weighted by molar-refractivity contribution is -0.117. The Morgan fingerprint density at radius 1 is 0.800 bits per heavy atom. The zero-order chi connectivity index (χ0) is 14.2. The van der Waals surface area contributed by atoms with Crippen molar-refractivity contribution in [1.29, 1.82) is 0 Å². The summed E-state index contributed by atoms with van der Waals surface area (Å²) in [6.07, 6.45) is 4.46. The molecule has 0 saturated heterocycles. The summed E-state index contributed by atoms with van der Waals surface area (Å²) in [5, 5.41) is 0. The van der Waals surface area contributed by atoms with Crippen LogP contribution in [0.3, 0.4) is 0 Å². The highest BCUT2D eigenvalue weighted by Gasteiger charge is 2.42. The molecule has 0 atom stereocenters. The quantitative estimate of drug-likeness (QED) is 0.795. The number of benzene rings is 2. The molecule has 1 aliphatic carbocycles. The predicted octanol–water partition coefficient (Wildman–Crippen LogP) is 4.12. The topological polar surface area (TPSA) is 17.1 Å². The van der Waals surface area contributed by atoms with Gasteiger partial charge in [-0.1, -0.05) is 65.7 Å². The third kappa shape index (κ3) is 1.90. The van der Waals surface area contributed by atoms with E-state index in [1.807, 2.05) is 6.08 Å². The van der Waals surface area contributed by atoms with Crippen LogP contribution in [0.25, 0.3) is 0 Å². The zero-order valence-electron chi connectivity index (χ0n) is 11.9. The van der Waals surface area contributed by atoms with E-state index in [1.165, 1.54) is 11.1 Å². The molecule has 0 unspecified atom stereocenters. The van der Waals surface area contributed by atoms with Crippen LogP contribution >= 0.6 is 0 Å². The molecule has 0 heterocycles. The minimum absolute atomic E-state index is 0.185. The highest BCUT2D eigenvalue weighted by molar-refractivity contribution is 6.04. The molecule has 0 spiro atoms. The lowest BCUT2D eigenvalue weighted by Crippen LogP contribution is -2.32. The number of hydrogen-bond donors (Lipinski definition) is 0. The number of carbonyl (C=O) groups is 1. The maximum absolute atomic E-state index is 12.6. The minimum atomic E-state index is -0.526. The summed E-state index contributed by atoms with van der Waals surface area (Å²) in [6.45, 7) is 4.13. The summed E-state index contributed by atoms with van der Waals surface area (Å²) < 4.78 is 0. The fourth-order valence-electron chi connectivity index (χ4n) is 2.95. The normalized spacial score (nSPS) is 16.6. The second-order valence-electron chi connectivity index (χ2n) is 5.61. The van der Waals surface area contributed by atoms with Gasteiger partial charge in [-0.15, -0.1) is 0 Å². The van der Waals surface area contributed by atoms with Crippen molar-refractivity contribution in [3.63, 3.8) is 0 Å². The SMILES string of the molecule is Cc1ccc(C2(c3ccc(C)cc3)CC=CC2=O)cc1. The number of hydrogen-bond acceptors (Lipinski definition) is 1. The van der Waals surface area contributed by atoms with E-state index in [4.69, 9.17) is 0 Å². The molecule has 100 valence electrons. The van der Waals surface area contributed by atoms with Crippen LogP contribution in [-0.2, 0) is 10.2 Å². The fraction of sp³-hybridized carbons (Fsp3) is 0.211. The standard InChI is InChI=1S/C19H18O/c1-14-5-9-16(10-6-14)19(13-3-4-18(19)20)17-11-7-15(2)8-12-17/h3-12H,13H2,1-2H3. The fourth-order valence-corrected chi connectivity index (χ4v) is 2.95. The van der Waals surface area contributed by atoms with Crippen molar-refractivity contribution in [2.45, 2.75) is 25.7 Å². The molecular formula is C19H18O. The van der Waals surface area contributed by atoms with Crippen LogP contribution in [0.4, 0.5) is 0 Å². The van der Waals surface area contributed by atoms with Gasteiger partial charge in [0, 0.05) is 0 Å². The molecule has 0 fully saturated rings. The predicted molar refractivity (Wildman–Crippen MR) is 81.9 cm³/mol. The van der Waals surface area contributed by atoms with Crippen molar-refractivity contribution in [2.75, 3.05) is 0 Å². The number of ketones is 1. The molecule has 0 saturated carbocycles. The minimum Gasteiger partial charge on any atom is -0.293 e. The molecule has 0 aliphatic heterocycles. The van der Waals surface area contributed by atoms with Gasteiger partial charge in [0.25, 0.3) is 0 Å². The Balaban J connectivity index is 2.17. The van der Waals surface area contributed by atoms with E-state index in [9.17, 15) is 4.79 Å². The van der Waals surface area contributed by atoms with Crippen molar-refractivity contribution < 1.29 is 4.79 Å². The first-order valence-corrected chi connectivity index (χ1v) is 6.98. The average Bonchev–Trinajstić information content (AvgIpc) is 2.83. The Morgan fingerprint density at radius 2 is 1.25 bits per heavy atom. The number of allylic oxidation sites excluding steroid dienone is 2. The lowest BCUT2D eigenvalue weighted by atomic mass is 9.71. The molecule has 0 bridgehead atoms. The molecule has 3 rings (SSSR count). The number of aryl methyl sites for hydroxylation is 2. The first kappa shape index (κ1) is 12.9. The first-order chi connectivity index (χ1) is 9.63. The summed E-state index contributed by atoms with van der Waals surface area (Å²) >= 11 is 0. The van der Waals surface area contributed by atoms with Gasteiger partial charge in [0.15, 0.2) is 5.78 Å². The summed E-state index contributed by atoms with van der Waals surface area (Å²) in [6, 6.07) is 16.7. The average molecular weight is 262 g/mol. The molecular weight excluding hydrogens is 244 g/mol. The van der Waals surface area contributed by atoms with Gasteiger partial charge in [0.05, 0.1) is 5.41 Å². The summed E-state index contributed by atoms with van der Waals surface area (Å²) in [7, 11) is 0. The lowest BCUT2D eigenvalue weighted by Gasteiger charge is -2.29. The maximum Gasteiger partial charge on any atom is 0.170 e. The summed E-state index contributed by atoms with van der Waals surface area (Å²) in [5.74, 6) is 0.185.